The van der Waals surface area contributed by atoms with Crippen molar-refractivity contribution in [2.24, 2.45) is 0 Å². The number of hydrogen-bond donors (Lipinski definition) is 0. The summed E-state index contributed by atoms with van der Waals surface area (Å²) in [4.78, 5) is 3.76. The van der Waals surface area contributed by atoms with Crippen LogP contribution >= 0.6 is 10.7 Å². The lowest BCUT2D eigenvalue weighted by molar-refractivity contribution is 0.596. The first-order chi connectivity index (χ1) is 5.53. The van der Waals surface area contributed by atoms with Gasteiger partial charge in [0.1, 0.15) is 17.9 Å². The van der Waals surface area contributed by atoms with Crippen molar-refractivity contribution in [2.75, 3.05) is 0 Å². The van der Waals surface area contributed by atoms with E-state index in [4.69, 9.17) is 10.7 Å². The molecule has 0 aliphatic carbocycles. The number of rotatable bonds is 3. The Morgan fingerprint density at radius 2 is 2.33 bits per heavy atom. The summed E-state index contributed by atoms with van der Waals surface area (Å²) in [5.41, 5.74) is 0. The average molecular weight is 210 g/mol. The normalized spacial score (nSPS) is 11.8. The van der Waals surface area contributed by atoms with Gasteiger partial charge in [-0.05, 0) is 6.92 Å². The summed E-state index contributed by atoms with van der Waals surface area (Å²) in [5, 5.41) is 3.80. The second-order valence-corrected chi connectivity index (χ2v) is 4.95. The molecule has 68 valence electrons. The highest BCUT2D eigenvalue weighted by molar-refractivity contribution is 8.13. The number of hydrogen-bond acceptors (Lipinski definition) is 4. The molecule has 0 fully saturated rings. The van der Waals surface area contributed by atoms with Gasteiger partial charge in [-0.3, -0.25) is 0 Å². The topological polar surface area (TPSA) is 64.8 Å². The molecule has 0 spiro atoms. The van der Waals surface area contributed by atoms with Crippen molar-refractivity contribution in [2.45, 2.75) is 19.2 Å². The van der Waals surface area contributed by atoms with Crippen LogP contribution in [0, 0.1) is 0 Å². The highest BCUT2D eigenvalue weighted by Crippen LogP contribution is 2.05. The van der Waals surface area contributed by atoms with E-state index in [-0.39, 0.29) is 5.75 Å². The van der Waals surface area contributed by atoms with Gasteiger partial charge in [-0.15, -0.1) is 0 Å². The van der Waals surface area contributed by atoms with Gasteiger partial charge in [-0.1, -0.05) is 0 Å². The number of aryl methyl sites for hydroxylation is 1. The highest BCUT2D eigenvalue weighted by Gasteiger charge is 2.11. The van der Waals surface area contributed by atoms with E-state index in [1.807, 2.05) is 6.92 Å². The van der Waals surface area contributed by atoms with Crippen LogP contribution in [0.1, 0.15) is 12.7 Å². The Hall–Kier alpha value is -0.620. The Bertz CT molecular complexity index is 359. The molecule has 0 saturated heterocycles. The monoisotopic (exact) mass is 209 g/mol. The molecule has 7 heteroatoms. The maximum absolute atomic E-state index is 10.7. The molecule has 0 atom stereocenters. The summed E-state index contributed by atoms with van der Waals surface area (Å²) in [5.74, 6) is 0.0927. The number of halogens is 1. The van der Waals surface area contributed by atoms with Crippen molar-refractivity contribution < 1.29 is 8.42 Å². The molecular formula is C5H8ClN3O2S. The fraction of sp³-hybridized carbons (Fsp3) is 0.600. The van der Waals surface area contributed by atoms with Gasteiger partial charge in [0.25, 0.3) is 0 Å². The first-order valence-corrected chi connectivity index (χ1v) is 5.80. The van der Waals surface area contributed by atoms with Gasteiger partial charge < -0.3 is 0 Å². The lowest BCUT2D eigenvalue weighted by Crippen LogP contribution is -2.06. The van der Waals surface area contributed by atoms with Crippen LogP contribution in [-0.2, 0) is 21.3 Å². The molecule has 0 aliphatic rings. The van der Waals surface area contributed by atoms with Gasteiger partial charge in [0.2, 0.25) is 9.05 Å². The van der Waals surface area contributed by atoms with Gasteiger partial charge in [0.05, 0.1) is 0 Å². The first-order valence-electron chi connectivity index (χ1n) is 3.32. The van der Waals surface area contributed by atoms with E-state index in [1.54, 1.807) is 0 Å². The molecular weight excluding hydrogens is 202 g/mol. The molecule has 1 rings (SSSR count). The molecule has 0 unspecified atom stereocenters. The van der Waals surface area contributed by atoms with Crippen molar-refractivity contribution in [1.29, 1.82) is 0 Å². The molecule has 1 aromatic heterocycles. The van der Waals surface area contributed by atoms with Crippen LogP contribution in [0.15, 0.2) is 6.33 Å². The zero-order valence-electron chi connectivity index (χ0n) is 6.44. The van der Waals surface area contributed by atoms with E-state index in [0.29, 0.717) is 12.4 Å². The van der Waals surface area contributed by atoms with Crippen molar-refractivity contribution >= 4 is 19.7 Å². The van der Waals surface area contributed by atoms with E-state index in [0.717, 1.165) is 0 Å². The Labute approximate surface area is 74.8 Å². The van der Waals surface area contributed by atoms with Crippen LogP contribution in [0.2, 0.25) is 0 Å². The van der Waals surface area contributed by atoms with Gasteiger partial charge in [-0.2, -0.15) is 5.10 Å². The summed E-state index contributed by atoms with van der Waals surface area (Å²) in [6.45, 7) is 2.43. The van der Waals surface area contributed by atoms with Gasteiger partial charge >= 0.3 is 0 Å². The van der Waals surface area contributed by atoms with Gasteiger partial charge in [0, 0.05) is 17.2 Å². The lowest BCUT2D eigenvalue weighted by Gasteiger charge is -1.98. The Morgan fingerprint density at radius 1 is 1.67 bits per heavy atom. The SMILES string of the molecule is CCn1ncnc1CS(=O)(=O)Cl. The maximum Gasteiger partial charge on any atom is 0.239 e. The fourth-order valence-electron chi connectivity index (χ4n) is 0.818. The maximum atomic E-state index is 10.7. The second kappa shape index (κ2) is 3.40. The molecule has 0 aliphatic heterocycles. The zero-order chi connectivity index (χ0) is 9.19. The lowest BCUT2D eigenvalue weighted by atomic mass is 10.6. The van der Waals surface area contributed by atoms with Crippen LogP contribution in [0.3, 0.4) is 0 Å². The van der Waals surface area contributed by atoms with Crippen molar-refractivity contribution in [1.82, 2.24) is 14.8 Å². The number of nitrogens with zero attached hydrogens (tertiary/aromatic N) is 3. The van der Waals surface area contributed by atoms with Crippen LogP contribution in [0.5, 0.6) is 0 Å². The molecule has 1 aromatic rings. The van der Waals surface area contributed by atoms with E-state index in [9.17, 15) is 8.42 Å². The second-order valence-electron chi connectivity index (χ2n) is 2.18. The van der Waals surface area contributed by atoms with E-state index < -0.39 is 9.05 Å². The molecule has 1 heterocycles. The third-order valence-electron chi connectivity index (χ3n) is 1.30. The molecule has 0 aromatic carbocycles. The molecule has 12 heavy (non-hydrogen) atoms. The summed E-state index contributed by atoms with van der Waals surface area (Å²) in [6.07, 6.45) is 1.31. The third kappa shape index (κ3) is 2.46. The Morgan fingerprint density at radius 3 is 2.83 bits per heavy atom. The first kappa shape index (κ1) is 9.47. The van der Waals surface area contributed by atoms with Crippen molar-refractivity contribution in [3.8, 4) is 0 Å². The minimum absolute atomic E-state index is 0.275. The molecule has 0 amide bonds. The van der Waals surface area contributed by atoms with Gasteiger partial charge in [0.15, 0.2) is 0 Å². The molecule has 0 N–H and O–H groups in total. The van der Waals surface area contributed by atoms with E-state index >= 15 is 0 Å². The predicted octanol–water partition coefficient (Wildman–Crippen LogP) is 0.367. The summed E-state index contributed by atoms with van der Waals surface area (Å²) >= 11 is 0. The minimum Gasteiger partial charge on any atom is -0.249 e. The quantitative estimate of drug-likeness (QED) is 0.675. The largest absolute Gasteiger partial charge is 0.249 e. The smallest absolute Gasteiger partial charge is 0.239 e. The molecule has 0 radical (unpaired) electrons. The Kier molecular flexibility index (Phi) is 2.69. The molecule has 5 nitrogen and oxygen atoms in total. The summed E-state index contributed by atoms with van der Waals surface area (Å²) in [6, 6.07) is 0. The highest BCUT2D eigenvalue weighted by atomic mass is 35.7. The fourth-order valence-corrected chi connectivity index (χ4v) is 1.64. The summed E-state index contributed by atoms with van der Waals surface area (Å²) < 4.78 is 22.8. The van der Waals surface area contributed by atoms with E-state index in [2.05, 4.69) is 10.1 Å². The average Bonchev–Trinajstić information content (AvgIpc) is 2.31. The molecule has 0 saturated carbocycles. The van der Waals surface area contributed by atoms with E-state index in [1.165, 1.54) is 11.0 Å². The number of aromatic nitrogens is 3. The summed E-state index contributed by atoms with van der Waals surface area (Å²) in [7, 11) is 1.51. The third-order valence-corrected chi connectivity index (χ3v) is 2.23. The van der Waals surface area contributed by atoms with Crippen LogP contribution in [0.4, 0.5) is 0 Å². The van der Waals surface area contributed by atoms with Crippen LogP contribution in [-0.4, -0.2) is 23.2 Å². The standard InChI is InChI=1S/C5H8ClN3O2S/c1-2-9-5(7-4-8-9)3-12(6,10)11/h4H,2-3H2,1H3. The zero-order valence-corrected chi connectivity index (χ0v) is 8.01. The molecule has 0 bridgehead atoms. The predicted molar refractivity (Wildman–Crippen MR) is 44.2 cm³/mol. The van der Waals surface area contributed by atoms with Crippen LogP contribution < -0.4 is 0 Å². The minimum atomic E-state index is -3.53. The van der Waals surface area contributed by atoms with Gasteiger partial charge in [-0.25, -0.2) is 18.1 Å². The van der Waals surface area contributed by atoms with Crippen LogP contribution in [0.25, 0.3) is 0 Å². The van der Waals surface area contributed by atoms with Crippen molar-refractivity contribution in [3.63, 3.8) is 0 Å². The van der Waals surface area contributed by atoms with Crippen molar-refractivity contribution in [3.05, 3.63) is 12.2 Å². The Balaban J connectivity index is 2.89.